The van der Waals surface area contributed by atoms with Crippen molar-refractivity contribution in [3.63, 3.8) is 0 Å². The van der Waals surface area contributed by atoms with Crippen molar-refractivity contribution in [1.29, 1.82) is 0 Å². The molecule has 0 atom stereocenters. The predicted molar refractivity (Wildman–Crippen MR) is 126 cm³/mol. The van der Waals surface area contributed by atoms with Gasteiger partial charge >= 0.3 is 0 Å². The number of aryl methyl sites for hydroxylation is 1. The molecule has 0 radical (unpaired) electrons. The van der Waals surface area contributed by atoms with Gasteiger partial charge in [-0.25, -0.2) is 0 Å². The molecule has 2 nitrogen and oxygen atoms in total. The highest BCUT2D eigenvalue weighted by Crippen LogP contribution is 2.40. The lowest BCUT2D eigenvalue weighted by molar-refractivity contribution is 0.561. The molecule has 0 spiro atoms. The molecular formula is C26H25BrN2. The second kappa shape index (κ2) is 9.71. The van der Waals surface area contributed by atoms with E-state index in [1.165, 1.54) is 35.2 Å². The molecule has 0 N–H and O–H groups in total. The van der Waals surface area contributed by atoms with Gasteiger partial charge in [-0.3, -0.25) is 4.68 Å². The standard InChI is InChI=1S/C26H25BrN2/c27-19-11-4-12-20-29-26(23-17-9-3-10-18-23)24(21-13-5-1-6-14-21)25(28-29)22-15-7-2-8-16-22/h1-3,5-10,13-18H,4,11-12,19-20H2. The van der Waals surface area contributed by atoms with Crippen molar-refractivity contribution in [3.8, 4) is 33.6 Å². The van der Waals surface area contributed by atoms with Crippen molar-refractivity contribution < 1.29 is 0 Å². The molecule has 1 aromatic heterocycles. The van der Waals surface area contributed by atoms with E-state index in [1.54, 1.807) is 0 Å². The molecule has 0 saturated heterocycles. The van der Waals surface area contributed by atoms with E-state index in [-0.39, 0.29) is 0 Å². The van der Waals surface area contributed by atoms with Crippen LogP contribution < -0.4 is 0 Å². The molecule has 3 heteroatoms. The number of aromatic nitrogens is 2. The van der Waals surface area contributed by atoms with E-state index in [0.717, 1.165) is 29.6 Å². The van der Waals surface area contributed by atoms with Gasteiger partial charge in [-0.1, -0.05) is 113 Å². The molecule has 0 bridgehead atoms. The van der Waals surface area contributed by atoms with Crippen molar-refractivity contribution in [3.05, 3.63) is 91.0 Å². The summed E-state index contributed by atoms with van der Waals surface area (Å²) in [7, 11) is 0. The lowest BCUT2D eigenvalue weighted by atomic mass is 9.96. The van der Waals surface area contributed by atoms with E-state index in [1.807, 2.05) is 0 Å². The highest BCUT2D eigenvalue weighted by Gasteiger charge is 2.21. The van der Waals surface area contributed by atoms with Gasteiger partial charge in [-0.05, 0) is 18.4 Å². The van der Waals surface area contributed by atoms with Gasteiger partial charge in [0.15, 0.2) is 0 Å². The van der Waals surface area contributed by atoms with Crippen molar-refractivity contribution in [2.45, 2.75) is 25.8 Å². The Bertz CT molecular complexity index is 1020. The molecule has 4 aromatic rings. The molecule has 1 heterocycles. The smallest absolute Gasteiger partial charge is 0.101 e. The van der Waals surface area contributed by atoms with Crippen molar-refractivity contribution >= 4 is 15.9 Å². The minimum absolute atomic E-state index is 0.921. The van der Waals surface area contributed by atoms with E-state index in [2.05, 4.69) is 112 Å². The van der Waals surface area contributed by atoms with E-state index in [0.29, 0.717) is 0 Å². The molecule has 0 saturated carbocycles. The minimum atomic E-state index is 0.921. The van der Waals surface area contributed by atoms with Gasteiger partial charge in [0.05, 0.1) is 5.69 Å². The van der Waals surface area contributed by atoms with Gasteiger partial charge in [0, 0.05) is 28.6 Å². The first-order valence-electron chi connectivity index (χ1n) is 10.2. The van der Waals surface area contributed by atoms with Crippen LogP contribution in [0.15, 0.2) is 91.0 Å². The molecular weight excluding hydrogens is 420 g/mol. The van der Waals surface area contributed by atoms with E-state index < -0.39 is 0 Å². The van der Waals surface area contributed by atoms with E-state index in [9.17, 15) is 0 Å². The van der Waals surface area contributed by atoms with Crippen LogP contribution in [0.25, 0.3) is 33.6 Å². The summed E-state index contributed by atoms with van der Waals surface area (Å²) in [6, 6.07) is 31.8. The quantitative estimate of drug-likeness (QED) is 0.203. The molecule has 3 aromatic carbocycles. The van der Waals surface area contributed by atoms with Gasteiger partial charge in [0.25, 0.3) is 0 Å². The van der Waals surface area contributed by atoms with Crippen LogP contribution in [0.1, 0.15) is 19.3 Å². The molecule has 0 aliphatic heterocycles. The number of benzene rings is 3. The summed E-state index contributed by atoms with van der Waals surface area (Å²) < 4.78 is 2.22. The van der Waals surface area contributed by atoms with Crippen LogP contribution in [0.3, 0.4) is 0 Å². The Morgan fingerprint density at radius 1 is 0.621 bits per heavy atom. The van der Waals surface area contributed by atoms with Crippen molar-refractivity contribution in [2.24, 2.45) is 0 Å². The molecule has 4 rings (SSSR count). The maximum atomic E-state index is 5.14. The summed E-state index contributed by atoms with van der Waals surface area (Å²) in [5.74, 6) is 0. The van der Waals surface area contributed by atoms with Gasteiger partial charge in [-0.15, -0.1) is 0 Å². The van der Waals surface area contributed by atoms with Crippen molar-refractivity contribution in [2.75, 3.05) is 5.33 Å². The Balaban J connectivity index is 1.90. The van der Waals surface area contributed by atoms with Crippen LogP contribution in [0.2, 0.25) is 0 Å². The van der Waals surface area contributed by atoms with Crippen LogP contribution >= 0.6 is 15.9 Å². The lowest BCUT2D eigenvalue weighted by Gasteiger charge is -2.11. The zero-order valence-corrected chi connectivity index (χ0v) is 18.1. The van der Waals surface area contributed by atoms with Crippen LogP contribution in [0.5, 0.6) is 0 Å². The summed E-state index contributed by atoms with van der Waals surface area (Å²) in [4.78, 5) is 0. The molecule has 0 aliphatic rings. The van der Waals surface area contributed by atoms with Crippen LogP contribution in [0, 0.1) is 0 Å². The zero-order chi connectivity index (χ0) is 19.9. The zero-order valence-electron chi connectivity index (χ0n) is 16.5. The normalized spacial score (nSPS) is 10.9. The summed E-state index contributed by atoms with van der Waals surface area (Å²) >= 11 is 3.54. The number of nitrogens with zero attached hydrogens (tertiary/aromatic N) is 2. The third-order valence-corrected chi connectivity index (χ3v) is 5.67. The van der Waals surface area contributed by atoms with Gasteiger partial charge in [0.2, 0.25) is 0 Å². The van der Waals surface area contributed by atoms with Crippen LogP contribution in [0.4, 0.5) is 0 Å². The maximum Gasteiger partial charge on any atom is 0.101 e. The molecule has 0 fully saturated rings. The Labute approximate surface area is 181 Å². The lowest BCUT2D eigenvalue weighted by Crippen LogP contribution is -2.03. The number of alkyl halides is 1. The summed E-state index contributed by atoms with van der Waals surface area (Å²) in [5, 5.41) is 6.19. The molecule has 0 unspecified atom stereocenters. The largest absolute Gasteiger partial charge is 0.264 e. The fourth-order valence-corrected chi connectivity index (χ4v) is 4.12. The average molecular weight is 445 g/mol. The van der Waals surface area contributed by atoms with Gasteiger partial charge < -0.3 is 0 Å². The second-order valence-corrected chi connectivity index (χ2v) is 7.94. The number of unbranched alkanes of at least 4 members (excludes halogenated alkanes) is 2. The fourth-order valence-electron chi connectivity index (χ4n) is 3.72. The number of hydrogen-bond donors (Lipinski definition) is 0. The maximum absolute atomic E-state index is 5.14. The molecule has 146 valence electrons. The number of halogens is 1. The minimum Gasteiger partial charge on any atom is -0.264 e. The molecule has 29 heavy (non-hydrogen) atoms. The predicted octanol–water partition coefficient (Wildman–Crippen LogP) is 7.45. The third kappa shape index (κ3) is 4.51. The Hall–Kier alpha value is -2.65. The Morgan fingerprint density at radius 3 is 1.76 bits per heavy atom. The highest BCUT2D eigenvalue weighted by molar-refractivity contribution is 9.09. The summed E-state index contributed by atoms with van der Waals surface area (Å²) in [6.45, 7) is 0.921. The van der Waals surface area contributed by atoms with Crippen LogP contribution in [-0.4, -0.2) is 15.1 Å². The number of rotatable bonds is 8. The highest BCUT2D eigenvalue weighted by atomic mass is 79.9. The first kappa shape index (κ1) is 19.7. The second-order valence-electron chi connectivity index (χ2n) is 7.14. The molecule has 0 amide bonds. The Kier molecular flexibility index (Phi) is 6.58. The first-order chi connectivity index (χ1) is 14.4. The van der Waals surface area contributed by atoms with Gasteiger partial charge in [-0.2, -0.15) is 5.10 Å². The van der Waals surface area contributed by atoms with Crippen molar-refractivity contribution in [1.82, 2.24) is 9.78 Å². The Morgan fingerprint density at radius 2 is 1.17 bits per heavy atom. The van der Waals surface area contributed by atoms with Crippen LogP contribution in [-0.2, 0) is 6.54 Å². The molecule has 0 aliphatic carbocycles. The van der Waals surface area contributed by atoms with E-state index in [4.69, 9.17) is 5.10 Å². The fraction of sp³-hybridized carbons (Fsp3) is 0.192. The number of hydrogen-bond acceptors (Lipinski definition) is 1. The third-order valence-electron chi connectivity index (χ3n) is 5.11. The van der Waals surface area contributed by atoms with E-state index >= 15 is 0 Å². The van der Waals surface area contributed by atoms with Gasteiger partial charge in [0.1, 0.15) is 5.69 Å². The first-order valence-corrected chi connectivity index (χ1v) is 11.3. The SMILES string of the molecule is BrCCCCCn1nc(-c2ccccc2)c(-c2ccccc2)c1-c1ccccc1. The average Bonchev–Trinajstić information content (AvgIpc) is 3.18. The topological polar surface area (TPSA) is 17.8 Å². The summed E-state index contributed by atoms with van der Waals surface area (Å²) in [5.41, 5.74) is 7.04. The monoisotopic (exact) mass is 444 g/mol. The summed E-state index contributed by atoms with van der Waals surface area (Å²) in [6.07, 6.45) is 3.51.